The first-order valence-corrected chi connectivity index (χ1v) is 7.99. The molecular formula is C16H27NO4. The van der Waals surface area contributed by atoms with Gasteiger partial charge in [-0.3, -0.25) is 9.59 Å². The summed E-state index contributed by atoms with van der Waals surface area (Å²) in [5.41, 5.74) is -0.0235. The molecule has 1 amide bonds. The van der Waals surface area contributed by atoms with E-state index < -0.39 is 12.1 Å². The Morgan fingerprint density at radius 2 is 1.90 bits per heavy atom. The van der Waals surface area contributed by atoms with E-state index in [1.54, 1.807) is 0 Å². The van der Waals surface area contributed by atoms with Gasteiger partial charge in [-0.1, -0.05) is 13.8 Å². The normalized spacial score (nSPS) is 25.1. The van der Waals surface area contributed by atoms with Gasteiger partial charge in [-0.25, -0.2) is 0 Å². The third kappa shape index (κ3) is 3.76. The van der Waals surface area contributed by atoms with E-state index in [4.69, 9.17) is 9.84 Å². The predicted octanol–water partition coefficient (Wildman–Crippen LogP) is 2.15. The van der Waals surface area contributed by atoms with Gasteiger partial charge in [0.15, 0.2) is 0 Å². The number of carboxylic acid groups (broad SMARTS) is 1. The number of hydrogen-bond acceptors (Lipinski definition) is 3. The number of likely N-dealkylation sites (tertiary alicyclic amines) is 1. The van der Waals surface area contributed by atoms with Crippen LogP contribution < -0.4 is 0 Å². The molecule has 120 valence electrons. The molecule has 2 rings (SSSR count). The van der Waals surface area contributed by atoms with Crippen LogP contribution in [-0.2, 0) is 14.3 Å². The fraction of sp³-hybridized carbons (Fsp3) is 0.875. The van der Waals surface area contributed by atoms with Gasteiger partial charge in [0.05, 0.1) is 5.92 Å². The third-order valence-corrected chi connectivity index (χ3v) is 4.97. The summed E-state index contributed by atoms with van der Waals surface area (Å²) in [6.07, 6.45) is 2.97. The van der Waals surface area contributed by atoms with Gasteiger partial charge in [0.25, 0.3) is 5.91 Å². The molecular weight excluding hydrogens is 270 g/mol. The summed E-state index contributed by atoms with van der Waals surface area (Å²) < 4.78 is 5.61. The molecule has 0 aromatic heterocycles. The van der Waals surface area contributed by atoms with Gasteiger partial charge >= 0.3 is 5.97 Å². The number of carbonyl (C=O) groups excluding carboxylic acids is 1. The minimum atomic E-state index is -0.680. The van der Waals surface area contributed by atoms with Gasteiger partial charge in [0.2, 0.25) is 0 Å². The van der Waals surface area contributed by atoms with Gasteiger partial charge in [0.1, 0.15) is 6.10 Å². The molecule has 5 heteroatoms. The van der Waals surface area contributed by atoms with Crippen LogP contribution in [0, 0.1) is 17.3 Å². The van der Waals surface area contributed by atoms with Crippen LogP contribution in [-0.4, -0.2) is 47.7 Å². The summed E-state index contributed by atoms with van der Waals surface area (Å²) >= 11 is 0. The van der Waals surface area contributed by atoms with Crippen molar-refractivity contribution in [2.75, 3.05) is 19.7 Å². The molecule has 1 heterocycles. The lowest BCUT2D eigenvalue weighted by Gasteiger charge is -2.34. The van der Waals surface area contributed by atoms with Crippen LogP contribution >= 0.6 is 0 Å². The van der Waals surface area contributed by atoms with Crippen LogP contribution in [0.3, 0.4) is 0 Å². The van der Waals surface area contributed by atoms with Gasteiger partial charge in [-0.2, -0.15) is 0 Å². The molecule has 21 heavy (non-hydrogen) atoms. The van der Waals surface area contributed by atoms with Crippen LogP contribution in [0.2, 0.25) is 0 Å². The van der Waals surface area contributed by atoms with E-state index in [0.29, 0.717) is 25.6 Å². The highest BCUT2D eigenvalue weighted by Crippen LogP contribution is 2.59. The quantitative estimate of drug-likeness (QED) is 0.816. The number of rotatable bonds is 6. The Kier molecular flexibility index (Phi) is 4.91. The number of carbonyl (C=O) groups is 2. The molecule has 5 nitrogen and oxygen atoms in total. The number of nitrogens with zero attached hydrogens (tertiary/aromatic N) is 1. The smallest absolute Gasteiger partial charge is 0.307 e. The highest BCUT2D eigenvalue weighted by atomic mass is 16.5. The zero-order chi connectivity index (χ0) is 15.6. The first-order chi connectivity index (χ1) is 9.85. The Labute approximate surface area is 126 Å². The van der Waals surface area contributed by atoms with Crippen molar-refractivity contribution in [3.8, 4) is 0 Å². The molecule has 1 aliphatic heterocycles. The largest absolute Gasteiger partial charge is 0.481 e. The van der Waals surface area contributed by atoms with Crippen molar-refractivity contribution in [2.24, 2.45) is 17.3 Å². The SMILES string of the molecule is CC(C)CCOC(C)C(=O)N1CCC2(CC1)CC2C(=O)O. The number of piperidine rings is 1. The van der Waals surface area contributed by atoms with Gasteiger partial charge in [0, 0.05) is 19.7 Å². The van der Waals surface area contributed by atoms with E-state index in [9.17, 15) is 9.59 Å². The third-order valence-electron chi connectivity index (χ3n) is 4.97. The highest BCUT2D eigenvalue weighted by Gasteiger charge is 2.59. The number of amides is 1. The molecule has 0 aromatic rings. The molecule has 1 aliphatic carbocycles. The predicted molar refractivity (Wildman–Crippen MR) is 78.9 cm³/mol. The Balaban J connectivity index is 1.74. The highest BCUT2D eigenvalue weighted by molar-refractivity contribution is 5.81. The van der Waals surface area contributed by atoms with E-state index in [0.717, 1.165) is 25.7 Å². The van der Waals surface area contributed by atoms with Gasteiger partial charge in [-0.05, 0) is 43.9 Å². The Bertz CT molecular complexity index is 399. The van der Waals surface area contributed by atoms with Gasteiger partial charge in [-0.15, -0.1) is 0 Å². The lowest BCUT2D eigenvalue weighted by atomic mass is 9.90. The van der Waals surface area contributed by atoms with Crippen molar-refractivity contribution in [3.05, 3.63) is 0 Å². The first kappa shape index (κ1) is 16.3. The summed E-state index contributed by atoms with van der Waals surface area (Å²) in [7, 11) is 0. The molecule has 0 aromatic carbocycles. The van der Waals surface area contributed by atoms with Crippen molar-refractivity contribution < 1.29 is 19.4 Å². The van der Waals surface area contributed by atoms with Crippen LogP contribution in [0.1, 0.15) is 46.5 Å². The lowest BCUT2D eigenvalue weighted by Crippen LogP contribution is -2.44. The Hall–Kier alpha value is -1.10. The van der Waals surface area contributed by atoms with E-state index in [1.807, 2.05) is 11.8 Å². The number of ether oxygens (including phenoxy) is 1. The molecule has 0 bridgehead atoms. The van der Waals surface area contributed by atoms with Crippen molar-refractivity contribution in [1.82, 2.24) is 4.90 Å². The zero-order valence-corrected chi connectivity index (χ0v) is 13.3. The summed E-state index contributed by atoms with van der Waals surface area (Å²) in [4.78, 5) is 25.2. The van der Waals surface area contributed by atoms with Gasteiger partial charge < -0.3 is 14.7 Å². The molecule has 2 aliphatic rings. The second-order valence-corrected chi connectivity index (χ2v) is 6.98. The molecule has 0 radical (unpaired) electrons. The van der Waals surface area contributed by atoms with E-state index >= 15 is 0 Å². The monoisotopic (exact) mass is 297 g/mol. The van der Waals surface area contributed by atoms with Crippen LogP contribution in [0.4, 0.5) is 0 Å². The van der Waals surface area contributed by atoms with Crippen molar-refractivity contribution >= 4 is 11.9 Å². The first-order valence-electron chi connectivity index (χ1n) is 7.99. The Morgan fingerprint density at radius 1 is 1.29 bits per heavy atom. The standard InChI is InChI=1S/C16H27NO4/c1-11(2)4-9-21-12(3)14(18)17-7-5-16(6-8-17)10-13(16)15(19)20/h11-13H,4-10H2,1-3H3,(H,19,20). The second kappa shape index (κ2) is 6.34. The van der Waals surface area contributed by atoms with E-state index in [-0.39, 0.29) is 17.2 Å². The van der Waals surface area contributed by atoms with Crippen LogP contribution in [0.5, 0.6) is 0 Å². The fourth-order valence-corrected chi connectivity index (χ4v) is 3.23. The molecule has 2 atom stereocenters. The number of carboxylic acids is 1. The molecule has 2 unspecified atom stereocenters. The summed E-state index contributed by atoms with van der Waals surface area (Å²) in [6, 6.07) is 0. The fourth-order valence-electron chi connectivity index (χ4n) is 3.23. The minimum Gasteiger partial charge on any atom is -0.481 e. The maximum absolute atomic E-state index is 12.3. The topological polar surface area (TPSA) is 66.8 Å². The maximum Gasteiger partial charge on any atom is 0.307 e. The Morgan fingerprint density at radius 3 is 2.38 bits per heavy atom. The molecule has 1 saturated carbocycles. The number of hydrogen-bond donors (Lipinski definition) is 1. The molecule has 2 fully saturated rings. The maximum atomic E-state index is 12.3. The van der Waals surface area contributed by atoms with Crippen LogP contribution in [0.25, 0.3) is 0 Å². The average Bonchev–Trinajstić information content (AvgIpc) is 3.12. The van der Waals surface area contributed by atoms with Crippen LogP contribution in [0.15, 0.2) is 0 Å². The molecule has 1 N–H and O–H groups in total. The van der Waals surface area contributed by atoms with Crippen molar-refractivity contribution in [1.29, 1.82) is 0 Å². The van der Waals surface area contributed by atoms with Crippen molar-refractivity contribution in [2.45, 2.75) is 52.6 Å². The number of aliphatic carboxylic acids is 1. The van der Waals surface area contributed by atoms with E-state index in [1.165, 1.54) is 0 Å². The average molecular weight is 297 g/mol. The van der Waals surface area contributed by atoms with Crippen molar-refractivity contribution in [3.63, 3.8) is 0 Å². The molecule has 1 saturated heterocycles. The van der Waals surface area contributed by atoms with E-state index in [2.05, 4.69) is 13.8 Å². The summed E-state index contributed by atoms with van der Waals surface area (Å²) in [6.45, 7) is 8.03. The second-order valence-electron chi connectivity index (χ2n) is 6.98. The summed E-state index contributed by atoms with van der Waals surface area (Å²) in [5.74, 6) is -0.249. The lowest BCUT2D eigenvalue weighted by molar-refractivity contribution is -0.144. The molecule has 1 spiro atoms. The minimum absolute atomic E-state index is 0.0235. The summed E-state index contributed by atoms with van der Waals surface area (Å²) in [5, 5.41) is 9.08. The zero-order valence-electron chi connectivity index (χ0n) is 13.3.